The molecule has 0 bridgehead atoms. The molecular formula is C30H25N5OS. The van der Waals surface area contributed by atoms with Crippen LogP contribution in [-0.2, 0) is 6.54 Å². The van der Waals surface area contributed by atoms with Crippen molar-refractivity contribution in [1.29, 1.82) is 0 Å². The number of ether oxygens (including phenoxy) is 1. The number of hydrogen-bond donors (Lipinski definition) is 1. The highest BCUT2D eigenvalue weighted by atomic mass is 32.1. The Balaban J connectivity index is 1.36. The summed E-state index contributed by atoms with van der Waals surface area (Å²) in [5, 5.41) is 4.20. The number of pyridine rings is 2. The third-order valence-corrected chi connectivity index (χ3v) is 6.75. The van der Waals surface area contributed by atoms with Gasteiger partial charge >= 0.3 is 0 Å². The second kappa shape index (κ2) is 10.2. The predicted octanol–water partition coefficient (Wildman–Crippen LogP) is 6.30. The number of rotatable bonds is 7. The van der Waals surface area contributed by atoms with Gasteiger partial charge in [0.1, 0.15) is 17.5 Å². The van der Waals surface area contributed by atoms with Crippen molar-refractivity contribution in [1.82, 2.24) is 19.9 Å². The molecule has 1 saturated heterocycles. The van der Waals surface area contributed by atoms with Gasteiger partial charge in [0.05, 0.1) is 11.7 Å². The normalized spacial score (nSPS) is 17.0. The van der Waals surface area contributed by atoms with E-state index in [1.54, 1.807) is 6.20 Å². The van der Waals surface area contributed by atoms with E-state index < -0.39 is 0 Å². The van der Waals surface area contributed by atoms with E-state index in [1.807, 2.05) is 79.1 Å². The summed E-state index contributed by atoms with van der Waals surface area (Å²) in [5.74, 6) is 1.57. The lowest BCUT2D eigenvalue weighted by atomic mass is 10.0. The van der Waals surface area contributed by atoms with Gasteiger partial charge in [-0.3, -0.25) is 9.97 Å². The van der Waals surface area contributed by atoms with Crippen LogP contribution in [0.1, 0.15) is 29.0 Å². The van der Waals surface area contributed by atoms with Gasteiger partial charge in [-0.1, -0.05) is 30.3 Å². The monoisotopic (exact) mass is 503 g/mol. The van der Waals surface area contributed by atoms with E-state index in [0.29, 0.717) is 11.7 Å². The molecule has 5 aromatic rings. The van der Waals surface area contributed by atoms with Crippen molar-refractivity contribution >= 4 is 23.0 Å². The number of aromatic nitrogens is 3. The van der Waals surface area contributed by atoms with Crippen LogP contribution < -0.4 is 15.0 Å². The van der Waals surface area contributed by atoms with E-state index in [2.05, 4.69) is 61.3 Å². The van der Waals surface area contributed by atoms with Crippen molar-refractivity contribution in [3.05, 3.63) is 139 Å². The largest absolute Gasteiger partial charge is 0.457 e. The topological polar surface area (TPSA) is 55.2 Å². The Bertz CT molecular complexity index is 1470. The molecule has 1 N–H and O–H groups in total. The first-order chi connectivity index (χ1) is 18.3. The van der Waals surface area contributed by atoms with Crippen LogP contribution in [0, 0.1) is 0 Å². The molecule has 182 valence electrons. The molecule has 1 fully saturated rings. The van der Waals surface area contributed by atoms with Gasteiger partial charge in [-0.25, -0.2) is 0 Å². The number of anilines is 1. The van der Waals surface area contributed by atoms with Crippen LogP contribution in [0.4, 0.5) is 5.69 Å². The zero-order valence-electron chi connectivity index (χ0n) is 20.0. The molecular weight excluding hydrogens is 478 g/mol. The molecule has 37 heavy (non-hydrogen) atoms. The molecule has 0 aliphatic carbocycles. The molecule has 7 heteroatoms. The molecule has 1 aliphatic rings. The van der Waals surface area contributed by atoms with Gasteiger partial charge in [0.25, 0.3) is 0 Å². The van der Waals surface area contributed by atoms with E-state index in [0.717, 1.165) is 34.1 Å². The van der Waals surface area contributed by atoms with Crippen molar-refractivity contribution in [2.24, 2.45) is 0 Å². The van der Waals surface area contributed by atoms with Crippen molar-refractivity contribution in [2.45, 2.75) is 18.6 Å². The van der Waals surface area contributed by atoms with E-state index in [4.69, 9.17) is 17.0 Å². The maximum Gasteiger partial charge on any atom is 0.174 e. The van der Waals surface area contributed by atoms with Gasteiger partial charge in [0.2, 0.25) is 0 Å². The first-order valence-electron chi connectivity index (χ1n) is 12.1. The molecule has 6 nitrogen and oxygen atoms in total. The second-order valence-corrected chi connectivity index (χ2v) is 9.21. The van der Waals surface area contributed by atoms with Crippen LogP contribution in [0.5, 0.6) is 11.5 Å². The third-order valence-electron chi connectivity index (χ3n) is 6.44. The number of hydrogen-bond acceptors (Lipinski definition) is 4. The number of nitrogens with one attached hydrogen (secondary N) is 1. The molecule has 4 heterocycles. The van der Waals surface area contributed by atoms with Crippen molar-refractivity contribution in [2.75, 3.05) is 4.90 Å². The van der Waals surface area contributed by atoms with Crippen molar-refractivity contribution < 1.29 is 4.74 Å². The lowest BCUT2D eigenvalue weighted by Crippen LogP contribution is -2.30. The summed E-state index contributed by atoms with van der Waals surface area (Å²) in [6, 6.07) is 31.9. The second-order valence-electron chi connectivity index (χ2n) is 8.83. The fraction of sp³-hybridized carbons (Fsp3) is 0.100. The SMILES string of the molecule is S=C1N[C@H](c2ccccn2)[C@@H](c2cccn2Cc2cccnc2)N1c1ccc(Oc2ccccc2)cc1. The summed E-state index contributed by atoms with van der Waals surface area (Å²) in [6.07, 6.45) is 7.63. The average molecular weight is 504 g/mol. The Labute approximate surface area is 221 Å². The number of thiocarbonyl (C=S) groups is 1. The molecule has 1 aliphatic heterocycles. The zero-order valence-corrected chi connectivity index (χ0v) is 20.8. The third kappa shape index (κ3) is 4.81. The predicted molar refractivity (Wildman–Crippen MR) is 149 cm³/mol. The number of nitrogens with zero attached hydrogens (tertiary/aromatic N) is 4. The molecule has 0 amide bonds. The summed E-state index contributed by atoms with van der Waals surface area (Å²) in [4.78, 5) is 11.1. The van der Waals surface area contributed by atoms with E-state index >= 15 is 0 Å². The van der Waals surface area contributed by atoms with Crippen LogP contribution >= 0.6 is 12.2 Å². The standard InChI is InChI=1S/C30H25N5OS/c37-30-33-28(26-11-4-5-18-32-26)29(27-12-7-19-34(27)21-22-8-6-17-31-20-22)35(30)23-13-15-25(16-14-23)36-24-9-2-1-3-10-24/h1-20,28-29H,21H2,(H,33,37)/t28-,29-/m1/s1. The molecule has 6 rings (SSSR count). The summed E-state index contributed by atoms with van der Waals surface area (Å²) in [7, 11) is 0. The maximum atomic E-state index is 6.01. The van der Waals surface area contributed by atoms with Gasteiger partial charge < -0.3 is 19.5 Å². The lowest BCUT2D eigenvalue weighted by Gasteiger charge is -2.29. The minimum Gasteiger partial charge on any atom is -0.457 e. The van der Waals surface area contributed by atoms with E-state index in [9.17, 15) is 0 Å². The fourth-order valence-corrected chi connectivity index (χ4v) is 5.11. The highest BCUT2D eigenvalue weighted by Crippen LogP contribution is 2.42. The van der Waals surface area contributed by atoms with Crippen LogP contribution in [0.2, 0.25) is 0 Å². The van der Waals surface area contributed by atoms with Gasteiger partial charge in [-0.05, 0) is 84.5 Å². The average Bonchev–Trinajstić information content (AvgIpc) is 3.54. The minimum atomic E-state index is -0.114. The van der Waals surface area contributed by atoms with Crippen molar-refractivity contribution in [3.63, 3.8) is 0 Å². The highest BCUT2D eigenvalue weighted by molar-refractivity contribution is 7.80. The molecule has 2 aromatic carbocycles. The van der Waals surface area contributed by atoms with E-state index in [1.165, 1.54) is 0 Å². The van der Waals surface area contributed by atoms with Crippen LogP contribution in [0.25, 0.3) is 0 Å². The Morgan fingerprint density at radius 2 is 1.62 bits per heavy atom. The lowest BCUT2D eigenvalue weighted by molar-refractivity contribution is 0.482. The minimum absolute atomic E-state index is 0.102. The maximum absolute atomic E-state index is 6.01. The molecule has 0 radical (unpaired) electrons. The first kappa shape index (κ1) is 22.9. The van der Waals surface area contributed by atoms with Crippen LogP contribution in [0.3, 0.4) is 0 Å². The van der Waals surface area contributed by atoms with Crippen LogP contribution in [-0.4, -0.2) is 19.6 Å². The van der Waals surface area contributed by atoms with Crippen molar-refractivity contribution in [3.8, 4) is 11.5 Å². The molecule has 0 saturated carbocycles. The molecule has 0 unspecified atom stereocenters. The number of benzene rings is 2. The summed E-state index contributed by atoms with van der Waals surface area (Å²) >= 11 is 5.90. The first-order valence-corrected chi connectivity index (χ1v) is 12.5. The summed E-state index contributed by atoms with van der Waals surface area (Å²) in [5.41, 5.74) is 4.19. The van der Waals surface area contributed by atoms with Gasteiger partial charge in [0.15, 0.2) is 5.11 Å². The molecule has 3 aromatic heterocycles. The fourth-order valence-electron chi connectivity index (χ4n) is 4.76. The van der Waals surface area contributed by atoms with E-state index in [-0.39, 0.29) is 12.1 Å². The Morgan fingerprint density at radius 3 is 2.38 bits per heavy atom. The van der Waals surface area contributed by atoms with Crippen LogP contribution in [0.15, 0.2) is 122 Å². The molecule has 2 atom stereocenters. The van der Waals surface area contributed by atoms with Gasteiger partial charge in [-0.15, -0.1) is 0 Å². The highest BCUT2D eigenvalue weighted by Gasteiger charge is 2.42. The Morgan fingerprint density at radius 1 is 0.811 bits per heavy atom. The Kier molecular flexibility index (Phi) is 6.35. The Hall–Kier alpha value is -4.49. The summed E-state index contributed by atoms with van der Waals surface area (Å²) in [6.45, 7) is 0.714. The number of para-hydroxylation sites is 1. The summed E-state index contributed by atoms with van der Waals surface area (Å²) < 4.78 is 8.27. The zero-order chi connectivity index (χ0) is 25.0. The molecule has 0 spiro atoms. The smallest absolute Gasteiger partial charge is 0.174 e. The van der Waals surface area contributed by atoms with Gasteiger partial charge in [0, 0.05) is 42.7 Å². The van der Waals surface area contributed by atoms with Gasteiger partial charge in [-0.2, -0.15) is 0 Å². The quantitative estimate of drug-likeness (QED) is 0.263.